The maximum atomic E-state index is 12.5. The number of sulfone groups is 1. The van der Waals surface area contributed by atoms with Gasteiger partial charge in [0.25, 0.3) is 10.1 Å². The summed E-state index contributed by atoms with van der Waals surface area (Å²) in [4.78, 5) is 3.22. The molecule has 0 fully saturated rings. The zero-order chi connectivity index (χ0) is 40.6. The largest absolute Gasteiger partial charge is 0.505 e. The van der Waals surface area contributed by atoms with Crippen LogP contribution in [0.3, 0.4) is 0 Å². The fourth-order valence-electron chi connectivity index (χ4n) is 4.06. The molecular formula is C26H23N5O19S6. The van der Waals surface area contributed by atoms with E-state index in [-0.39, 0.29) is 43.1 Å². The molecule has 0 aliphatic heterocycles. The summed E-state index contributed by atoms with van der Waals surface area (Å²) in [6, 6.07) is 12.4. The first-order valence-corrected chi connectivity index (χ1v) is 21.2. The Kier molecular flexibility index (Phi) is 15.6. The minimum absolute atomic E-state index is 0. The van der Waals surface area contributed by atoms with Gasteiger partial charge < -0.3 is 16.3 Å². The number of thioether (sulfide) groups is 1. The van der Waals surface area contributed by atoms with E-state index in [1.165, 1.54) is 30.3 Å². The summed E-state index contributed by atoms with van der Waals surface area (Å²) in [5.41, 5.74) is 4.88. The molecule has 0 atom stereocenters. The standard InChI is InChI=1S/C26H21N5O18S6.H2O/c27-23-22-15(14-21(53(36,37)38)25(23)31-29-17-3-7-19(8-4-17)52(34,35)12-10-46-54(39,40)41)13-20(51-48-47-33)24(26(22)32)30-28-16-1-5-18(6-2-16)50-11-9-45-49-55(42,43)44;/h1-8,13-14,32-33H,10,12,27H2,(H,36,37,38)(H,39,40,41)(H,42,43,44);1H2. The van der Waals surface area contributed by atoms with E-state index in [0.717, 1.165) is 42.1 Å². The van der Waals surface area contributed by atoms with Crippen LogP contribution in [-0.4, -0.2) is 75.5 Å². The summed E-state index contributed by atoms with van der Waals surface area (Å²) in [6.07, 6.45) is 1.87. The first-order chi connectivity index (χ1) is 25.7. The molecule has 24 nitrogen and oxygen atoms in total. The van der Waals surface area contributed by atoms with Gasteiger partial charge in [-0.2, -0.15) is 35.5 Å². The molecule has 0 aliphatic carbocycles. The molecule has 302 valence electrons. The minimum Gasteiger partial charge on any atom is -0.505 e. The molecule has 56 heavy (non-hydrogen) atoms. The van der Waals surface area contributed by atoms with Crippen molar-refractivity contribution in [2.24, 2.45) is 20.5 Å². The zero-order valence-electron chi connectivity index (χ0n) is 27.0. The zero-order valence-corrected chi connectivity index (χ0v) is 31.9. The van der Waals surface area contributed by atoms with Crippen molar-refractivity contribution in [1.29, 1.82) is 0 Å². The number of aromatic hydroxyl groups is 1. The molecule has 0 radical (unpaired) electrons. The number of fused-ring (bicyclic) bond motifs is 1. The number of hydrogen-bond acceptors (Lipinski definition) is 22. The number of nitrogens with zero attached hydrogens (tertiary/aromatic N) is 4. The first-order valence-electron chi connectivity index (χ1n) is 13.8. The number of rotatable bonds is 16. The maximum Gasteiger partial charge on any atom is 0.433 e. The third-order valence-corrected chi connectivity index (χ3v) is 10.8. The van der Waals surface area contributed by atoms with Gasteiger partial charge in [0.1, 0.15) is 16.3 Å². The van der Waals surface area contributed by atoms with E-state index < -0.39 is 75.1 Å². The van der Waals surface area contributed by atoms with Crippen LogP contribution in [0, 0.1) is 11.4 Å². The average Bonchev–Trinajstić information content (AvgIpc) is 3.08. The van der Waals surface area contributed by atoms with E-state index in [4.69, 9.17) is 20.1 Å². The van der Waals surface area contributed by atoms with Gasteiger partial charge >= 0.3 is 20.8 Å². The van der Waals surface area contributed by atoms with Gasteiger partial charge in [0.05, 0.1) is 56.6 Å². The number of phenolic OH excluding ortho intramolecular Hbond substituents is 1. The average molecular weight is 902 g/mol. The van der Waals surface area contributed by atoms with E-state index in [2.05, 4.69) is 48.5 Å². The summed E-state index contributed by atoms with van der Waals surface area (Å²) in [5.74, 6) is -1.54. The second-order valence-corrected chi connectivity index (χ2v) is 17.1. The van der Waals surface area contributed by atoms with E-state index in [9.17, 15) is 43.3 Å². The lowest BCUT2D eigenvalue weighted by atomic mass is 10.1. The van der Waals surface area contributed by atoms with Crippen LogP contribution >= 0.6 is 23.8 Å². The molecule has 0 aromatic heterocycles. The van der Waals surface area contributed by atoms with Crippen LogP contribution in [0.2, 0.25) is 0 Å². The van der Waals surface area contributed by atoms with Crippen LogP contribution in [0.15, 0.2) is 101 Å². The number of benzene rings is 4. The highest BCUT2D eigenvalue weighted by molar-refractivity contribution is 8.04. The van der Waals surface area contributed by atoms with Gasteiger partial charge in [-0.25, -0.2) is 17.9 Å². The van der Waals surface area contributed by atoms with E-state index in [1.54, 1.807) is 0 Å². The SMILES string of the molecule is Nc1c(N=Nc2ccc(S(=O)(=O)CCOS(=O)(=O)O)cc2)c(S(=O)(=O)O)cc2cc(SOOO)c(N=Nc3ccc(SC#COOS(=O)(=O)O)cc3)c(O)c12.O. The molecule has 0 unspecified atom stereocenters. The second-order valence-electron chi connectivity index (χ2n) is 9.85. The molecule has 4 aromatic carbocycles. The van der Waals surface area contributed by atoms with Crippen LogP contribution in [0.1, 0.15) is 0 Å². The number of hydrogen-bond donors (Lipinski definition) is 6. The number of azo groups is 2. The molecule has 30 heteroatoms. The summed E-state index contributed by atoms with van der Waals surface area (Å²) >= 11 is 1.17. The quantitative estimate of drug-likeness (QED) is 0.0134. The van der Waals surface area contributed by atoms with E-state index >= 15 is 0 Å². The highest BCUT2D eigenvalue weighted by Gasteiger charge is 2.26. The molecule has 0 heterocycles. The summed E-state index contributed by atoms with van der Waals surface area (Å²) in [6.45, 7) is -0.871. The Morgan fingerprint density at radius 2 is 1.38 bits per heavy atom. The van der Waals surface area contributed by atoms with Gasteiger partial charge in [-0.15, -0.1) is 14.6 Å². The fraction of sp³-hybridized carbons (Fsp3) is 0.0769. The number of phenols is 1. The molecule has 4 aromatic rings. The van der Waals surface area contributed by atoms with Crippen molar-refractivity contribution in [3.05, 3.63) is 60.7 Å². The Balaban J connectivity index is 0.00000841. The number of nitrogens with two attached hydrogens (primary N) is 1. The lowest BCUT2D eigenvalue weighted by molar-refractivity contribution is -0.432. The Morgan fingerprint density at radius 3 is 1.93 bits per heavy atom. The fourth-order valence-corrected chi connectivity index (χ4v) is 7.30. The Bertz CT molecular complexity index is 2650. The van der Waals surface area contributed by atoms with E-state index in [0.29, 0.717) is 16.9 Å². The van der Waals surface area contributed by atoms with Gasteiger partial charge in [0.15, 0.2) is 21.7 Å². The topological polar surface area (TPSA) is 391 Å². The predicted molar refractivity (Wildman–Crippen MR) is 192 cm³/mol. The van der Waals surface area contributed by atoms with Crippen molar-refractivity contribution in [1.82, 2.24) is 0 Å². The van der Waals surface area contributed by atoms with Crippen molar-refractivity contribution < 1.29 is 85.9 Å². The lowest BCUT2D eigenvalue weighted by Crippen LogP contribution is -2.15. The van der Waals surface area contributed by atoms with Gasteiger partial charge in [-0.05, 0) is 82.1 Å². The molecule has 9 N–H and O–H groups in total. The normalized spacial score (nSPS) is 12.4. The van der Waals surface area contributed by atoms with Crippen molar-refractivity contribution >= 4 is 104 Å². The molecule has 0 aliphatic rings. The van der Waals surface area contributed by atoms with Crippen molar-refractivity contribution in [2.45, 2.75) is 19.6 Å². The van der Waals surface area contributed by atoms with Crippen LogP contribution in [0.5, 0.6) is 5.75 Å². The Hall–Kier alpha value is -4.56. The van der Waals surface area contributed by atoms with Crippen LogP contribution in [0.4, 0.5) is 28.4 Å². The lowest BCUT2D eigenvalue weighted by Gasteiger charge is -2.14. The first kappa shape index (κ1) is 45.8. The number of nitrogen functional groups attached to an aromatic ring is 1. The maximum absolute atomic E-state index is 12.5. The summed E-state index contributed by atoms with van der Waals surface area (Å²) in [5, 5.41) is 41.4. The monoisotopic (exact) mass is 901 g/mol. The highest BCUT2D eigenvalue weighted by Crippen LogP contribution is 2.49. The third-order valence-electron chi connectivity index (χ3n) is 6.27. The highest BCUT2D eigenvalue weighted by atomic mass is 32.3. The Labute approximate surface area is 324 Å². The van der Waals surface area contributed by atoms with Crippen molar-refractivity contribution in [3.8, 4) is 17.1 Å². The van der Waals surface area contributed by atoms with Gasteiger partial charge in [0.2, 0.25) is 0 Å². The smallest absolute Gasteiger partial charge is 0.433 e. The number of anilines is 1. The van der Waals surface area contributed by atoms with Gasteiger partial charge in [-0.1, -0.05) is 5.04 Å². The summed E-state index contributed by atoms with van der Waals surface area (Å²) in [7, 11) is -18.9. The predicted octanol–water partition coefficient (Wildman–Crippen LogP) is 4.16. The molecule has 0 spiro atoms. The van der Waals surface area contributed by atoms with Crippen LogP contribution in [0.25, 0.3) is 10.8 Å². The molecule has 0 amide bonds. The molecule has 0 saturated heterocycles. The molecular weight excluding hydrogens is 879 g/mol. The summed E-state index contributed by atoms with van der Waals surface area (Å²) < 4.78 is 131. The van der Waals surface area contributed by atoms with Crippen LogP contribution in [-0.2, 0) is 63.5 Å². The molecule has 0 bridgehead atoms. The van der Waals surface area contributed by atoms with Crippen LogP contribution < -0.4 is 5.73 Å². The van der Waals surface area contributed by atoms with Gasteiger partial charge in [-0.3, -0.25) is 18.5 Å². The molecule has 0 saturated carbocycles. The third kappa shape index (κ3) is 13.0. The minimum atomic E-state index is -5.08. The van der Waals surface area contributed by atoms with Gasteiger partial charge in [0, 0.05) is 10.1 Å². The second kappa shape index (κ2) is 19.1. The van der Waals surface area contributed by atoms with Crippen molar-refractivity contribution in [2.75, 3.05) is 18.1 Å². The van der Waals surface area contributed by atoms with E-state index in [1.807, 2.05) is 6.11 Å². The molecule has 4 rings (SSSR count). The Morgan fingerprint density at radius 1 is 0.786 bits per heavy atom. The van der Waals surface area contributed by atoms with Crippen molar-refractivity contribution in [3.63, 3.8) is 0 Å².